The number of rotatable bonds is 10. The molecule has 1 heterocycles. The Balaban J connectivity index is 1.38. The van der Waals surface area contributed by atoms with E-state index in [2.05, 4.69) is 13.0 Å². The van der Waals surface area contributed by atoms with Crippen molar-refractivity contribution in [1.29, 1.82) is 0 Å². The first-order valence-corrected chi connectivity index (χ1v) is 9.61. The van der Waals surface area contributed by atoms with Crippen molar-refractivity contribution in [3.63, 3.8) is 0 Å². The molecule has 132 valence electrons. The number of aliphatic hydroxyl groups excluding tert-OH is 1. The quantitative estimate of drug-likeness (QED) is 0.554. The van der Waals surface area contributed by atoms with Crippen LogP contribution in [0.5, 0.6) is 11.5 Å². The van der Waals surface area contributed by atoms with Gasteiger partial charge in [0.15, 0.2) is 11.5 Å². The Morgan fingerprint density at radius 2 is 1.54 bits per heavy atom. The molecule has 0 bridgehead atoms. The number of hydrogen-bond donors (Lipinski definition) is 1. The van der Waals surface area contributed by atoms with Gasteiger partial charge in [0.1, 0.15) is 6.10 Å². The van der Waals surface area contributed by atoms with Crippen LogP contribution in [-0.4, -0.2) is 11.9 Å². The molecule has 2 aliphatic rings. The monoisotopic (exact) mass is 330 g/mol. The van der Waals surface area contributed by atoms with E-state index in [-0.39, 0.29) is 6.79 Å². The maximum absolute atomic E-state index is 10.5. The molecule has 0 fully saturated rings. The van der Waals surface area contributed by atoms with Crippen molar-refractivity contribution < 1.29 is 14.6 Å². The van der Waals surface area contributed by atoms with Crippen LogP contribution in [0.25, 0.3) is 6.08 Å². The minimum atomic E-state index is -0.469. The zero-order chi connectivity index (χ0) is 16.8. The summed E-state index contributed by atoms with van der Waals surface area (Å²) in [7, 11) is 0. The smallest absolute Gasteiger partial charge is 0.231 e. The van der Waals surface area contributed by atoms with Crippen LogP contribution in [0.4, 0.5) is 0 Å². The highest BCUT2D eigenvalue weighted by Crippen LogP contribution is 2.44. The van der Waals surface area contributed by atoms with Crippen molar-refractivity contribution in [3.05, 3.63) is 28.8 Å². The number of ether oxygens (including phenoxy) is 2. The average molecular weight is 330 g/mol. The summed E-state index contributed by atoms with van der Waals surface area (Å²) in [5, 5.41) is 10.5. The average Bonchev–Trinajstić information content (AvgIpc) is 3.16. The third-order valence-corrected chi connectivity index (χ3v) is 5.13. The standard InChI is InChI=1S/C21H30O3/c1-2-3-4-5-6-7-8-9-10-11-16-12-17-13-19-20(24-15-23-19)14-18(17)21(16)22/h12-14,21-22H,2-11,15H2,1H3. The molecule has 3 rings (SSSR count). The molecule has 3 nitrogen and oxygen atoms in total. The van der Waals surface area contributed by atoms with Gasteiger partial charge in [0.05, 0.1) is 0 Å². The van der Waals surface area contributed by atoms with Gasteiger partial charge in [-0.3, -0.25) is 0 Å². The molecule has 1 N–H and O–H groups in total. The fraction of sp³-hybridized carbons (Fsp3) is 0.619. The first-order chi connectivity index (χ1) is 11.8. The highest BCUT2D eigenvalue weighted by atomic mass is 16.7. The lowest BCUT2D eigenvalue weighted by atomic mass is 10.0. The van der Waals surface area contributed by atoms with E-state index in [0.29, 0.717) is 0 Å². The highest BCUT2D eigenvalue weighted by molar-refractivity contribution is 5.69. The fourth-order valence-corrected chi connectivity index (χ4v) is 3.66. The molecule has 3 heteroatoms. The van der Waals surface area contributed by atoms with Crippen molar-refractivity contribution in [1.82, 2.24) is 0 Å². The lowest BCUT2D eigenvalue weighted by Gasteiger charge is -2.11. The summed E-state index contributed by atoms with van der Waals surface area (Å²) in [5.41, 5.74) is 3.18. The largest absolute Gasteiger partial charge is 0.454 e. The van der Waals surface area contributed by atoms with Gasteiger partial charge in [-0.2, -0.15) is 0 Å². The summed E-state index contributed by atoms with van der Waals surface area (Å²) in [6.45, 7) is 2.54. The van der Waals surface area contributed by atoms with Crippen molar-refractivity contribution in [2.24, 2.45) is 0 Å². The molecule has 0 saturated carbocycles. The summed E-state index contributed by atoms with van der Waals surface area (Å²) in [5.74, 6) is 1.55. The van der Waals surface area contributed by atoms with Gasteiger partial charge in [0, 0.05) is 0 Å². The molecular weight excluding hydrogens is 300 g/mol. The number of hydrogen-bond acceptors (Lipinski definition) is 3. The molecule has 0 saturated heterocycles. The van der Waals surface area contributed by atoms with Gasteiger partial charge < -0.3 is 14.6 Å². The van der Waals surface area contributed by atoms with E-state index in [1.807, 2.05) is 12.1 Å². The Labute approximate surface area is 145 Å². The second-order valence-corrected chi connectivity index (χ2v) is 7.03. The maximum atomic E-state index is 10.5. The Hall–Kier alpha value is -1.48. The third kappa shape index (κ3) is 4.13. The molecule has 24 heavy (non-hydrogen) atoms. The molecule has 1 aliphatic carbocycles. The van der Waals surface area contributed by atoms with Gasteiger partial charge in [-0.25, -0.2) is 0 Å². The fourth-order valence-electron chi connectivity index (χ4n) is 3.66. The van der Waals surface area contributed by atoms with E-state index in [0.717, 1.165) is 34.6 Å². The molecule has 1 aliphatic heterocycles. The number of aliphatic hydroxyl groups is 1. The highest BCUT2D eigenvalue weighted by Gasteiger charge is 2.26. The number of unbranched alkanes of at least 4 members (excludes halogenated alkanes) is 8. The molecule has 0 amide bonds. The van der Waals surface area contributed by atoms with E-state index in [1.165, 1.54) is 57.8 Å². The summed E-state index contributed by atoms with van der Waals surface area (Å²) in [6, 6.07) is 3.92. The van der Waals surface area contributed by atoms with Gasteiger partial charge in [-0.15, -0.1) is 0 Å². The molecular formula is C21H30O3. The Morgan fingerprint density at radius 3 is 2.25 bits per heavy atom. The van der Waals surface area contributed by atoms with Crippen molar-refractivity contribution in [2.75, 3.05) is 6.79 Å². The van der Waals surface area contributed by atoms with Crippen LogP contribution in [0.15, 0.2) is 17.7 Å². The second kappa shape index (κ2) is 8.57. The van der Waals surface area contributed by atoms with Crippen molar-refractivity contribution in [2.45, 2.75) is 77.2 Å². The minimum Gasteiger partial charge on any atom is -0.454 e. The van der Waals surface area contributed by atoms with E-state index in [9.17, 15) is 5.11 Å². The van der Waals surface area contributed by atoms with Crippen LogP contribution in [0.1, 0.15) is 88.4 Å². The molecule has 1 atom stereocenters. The van der Waals surface area contributed by atoms with Gasteiger partial charge in [-0.05, 0) is 41.7 Å². The minimum absolute atomic E-state index is 0.281. The van der Waals surface area contributed by atoms with Gasteiger partial charge >= 0.3 is 0 Å². The normalized spacial score (nSPS) is 17.9. The van der Waals surface area contributed by atoms with Crippen LogP contribution >= 0.6 is 0 Å². The van der Waals surface area contributed by atoms with Crippen molar-refractivity contribution >= 4 is 6.08 Å². The molecule has 1 unspecified atom stereocenters. The maximum Gasteiger partial charge on any atom is 0.231 e. The van der Waals surface area contributed by atoms with Crippen LogP contribution < -0.4 is 9.47 Å². The van der Waals surface area contributed by atoms with E-state index < -0.39 is 6.10 Å². The van der Waals surface area contributed by atoms with Crippen LogP contribution in [0.3, 0.4) is 0 Å². The van der Waals surface area contributed by atoms with Crippen molar-refractivity contribution in [3.8, 4) is 11.5 Å². The summed E-state index contributed by atoms with van der Waals surface area (Å²) >= 11 is 0. The van der Waals surface area contributed by atoms with Gasteiger partial charge in [0.25, 0.3) is 0 Å². The Bertz CT molecular complexity index is 577. The number of fused-ring (bicyclic) bond motifs is 2. The summed E-state index contributed by atoms with van der Waals surface area (Å²) in [4.78, 5) is 0. The second-order valence-electron chi connectivity index (χ2n) is 7.03. The predicted octanol–water partition coefficient (Wildman–Crippen LogP) is 5.77. The molecule has 0 spiro atoms. The van der Waals surface area contributed by atoms with Crippen LogP contribution in [0, 0.1) is 0 Å². The van der Waals surface area contributed by atoms with Gasteiger partial charge in [0.2, 0.25) is 6.79 Å². The summed E-state index contributed by atoms with van der Waals surface area (Å²) < 4.78 is 10.8. The summed E-state index contributed by atoms with van der Waals surface area (Å²) in [6.07, 6.45) is 14.6. The zero-order valence-corrected chi connectivity index (χ0v) is 14.9. The lowest BCUT2D eigenvalue weighted by Crippen LogP contribution is -1.97. The molecule has 0 aromatic heterocycles. The van der Waals surface area contributed by atoms with Crippen LogP contribution in [-0.2, 0) is 0 Å². The van der Waals surface area contributed by atoms with Gasteiger partial charge in [-0.1, -0.05) is 64.4 Å². The van der Waals surface area contributed by atoms with E-state index >= 15 is 0 Å². The Kier molecular flexibility index (Phi) is 6.19. The third-order valence-electron chi connectivity index (χ3n) is 5.13. The Morgan fingerprint density at radius 1 is 0.917 bits per heavy atom. The van der Waals surface area contributed by atoms with Crippen LogP contribution in [0.2, 0.25) is 0 Å². The predicted molar refractivity (Wildman–Crippen MR) is 97.3 cm³/mol. The molecule has 0 radical (unpaired) electrons. The zero-order valence-electron chi connectivity index (χ0n) is 14.9. The number of benzene rings is 1. The SMILES string of the molecule is CCCCCCCCCCCC1=Cc2cc3c(cc2C1O)OCO3. The van der Waals surface area contributed by atoms with E-state index in [1.54, 1.807) is 0 Å². The molecule has 1 aromatic rings. The first kappa shape index (κ1) is 17.3. The topological polar surface area (TPSA) is 38.7 Å². The first-order valence-electron chi connectivity index (χ1n) is 9.61. The molecule has 1 aromatic carbocycles. The van der Waals surface area contributed by atoms with E-state index in [4.69, 9.17) is 9.47 Å². The lowest BCUT2D eigenvalue weighted by molar-refractivity contribution is 0.173.